The van der Waals surface area contributed by atoms with Crippen molar-refractivity contribution in [2.75, 3.05) is 12.3 Å². The van der Waals surface area contributed by atoms with Crippen LogP contribution in [0.1, 0.15) is 51.2 Å². The molecule has 0 aliphatic carbocycles. The molecule has 2 aromatic rings. The quantitative estimate of drug-likeness (QED) is 0.442. The van der Waals surface area contributed by atoms with Crippen LogP contribution < -0.4 is 5.32 Å². The monoisotopic (exact) mass is 440 g/mol. The Morgan fingerprint density at radius 2 is 1.55 bits per heavy atom. The molecular weight excluding hydrogens is 404 g/mol. The maximum atomic E-state index is 13.2. The Bertz CT molecular complexity index is 783. The van der Waals surface area contributed by atoms with Crippen LogP contribution in [0, 0.1) is 0 Å². The smallest absolute Gasteiger partial charge is 0.243 e. The second-order valence-corrected chi connectivity index (χ2v) is 8.96. The van der Waals surface area contributed by atoms with Crippen LogP contribution in [0.4, 0.5) is 0 Å². The Kier molecular flexibility index (Phi) is 11.2. The van der Waals surface area contributed by atoms with Crippen molar-refractivity contribution in [3.63, 3.8) is 0 Å². The number of hydrogen-bond donors (Lipinski definition) is 1. The molecule has 5 heteroatoms. The fourth-order valence-corrected chi connectivity index (χ4v) is 4.30. The summed E-state index contributed by atoms with van der Waals surface area (Å²) in [5.74, 6) is 1.65. The van der Waals surface area contributed by atoms with Gasteiger partial charge >= 0.3 is 0 Å². The molecule has 2 atom stereocenters. The van der Waals surface area contributed by atoms with Crippen LogP contribution in [-0.2, 0) is 21.8 Å². The maximum Gasteiger partial charge on any atom is 0.243 e. The van der Waals surface area contributed by atoms with Crippen LogP contribution in [0.3, 0.4) is 0 Å². The number of thioether (sulfide) groups is 1. The van der Waals surface area contributed by atoms with Gasteiger partial charge in [-0.25, -0.2) is 0 Å². The lowest BCUT2D eigenvalue weighted by Crippen LogP contribution is -2.51. The third kappa shape index (κ3) is 8.78. The zero-order valence-corrected chi connectivity index (χ0v) is 19.9. The molecule has 31 heavy (non-hydrogen) atoms. The molecule has 0 aromatic heterocycles. The number of benzene rings is 2. The highest BCUT2D eigenvalue weighted by molar-refractivity contribution is 7.98. The minimum Gasteiger partial charge on any atom is -0.352 e. The topological polar surface area (TPSA) is 49.4 Å². The van der Waals surface area contributed by atoms with Gasteiger partial charge in [0.1, 0.15) is 6.04 Å². The van der Waals surface area contributed by atoms with Gasteiger partial charge in [0.25, 0.3) is 0 Å². The van der Waals surface area contributed by atoms with Gasteiger partial charge in [-0.15, -0.1) is 0 Å². The number of nitrogens with one attached hydrogen (secondary N) is 1. The van der Waals surface area contributed by atoms with E-state index < -0.39 is 6.04 Å². The van der Waals surface area contributed by atoms with Crippen molar-refractivity contribution < 1.29 is 9.59 Å². The van der Waals surface area contributed by atoms with Gasteiger partial charge in [0.15, 0.2) is 0 Å². The van der Waals surface area contributed by atoms with E-state index in [1.54, 1.807) is 16.7 Å². The fraction of sp³-hybridized carbons (Fsp3) is 0.462. The van der Waals surface area contributed by atoms with Gasteiger partial charge in [-0.3, -0.25) is 9.59 Å². The van der Waals surface area contributed by atoms with Gasteiger partial charge in [0.2, 0.25) is 11.8 Å². The molecule has 0 aliphatic heterocycles. The number of nitrogens with zero attached hydrogens (tertiary/aromatic N) is 1. The highest BCUT2D eigenvalue weighted by Crippen LogP contribution is 2.16. The second kappa shape index (κ2) is 13.9. The van der Waals surface area contributed by atoms with Crippen LogP contribution in [0.5, 0.6) is 0 Å². The summed E-state index contributed by atoms with van der Waals surface area (Å²) in [6, 6.07) is 20.1. The SMILES string of the molecule is CC[C@@H](C)NC(=O)[C@@H](CC)N(CCc1ccccc1)C(=O)CCSCc1ccccc1. The first kappa shape index (κ1) is 25.0. The van der Waals surface area contributed by atoms with E-state index in [-0.39, 0.29) is 17.9 Å². The van der Waals surface area contributed by atoms with E-state index in [4.69, 9.17) is 0 Å². The van der Waals surface area contributed by atoms with E-state index >= 15 is 0 Å². The molecule has 0 bridgehead atoms. The van der Waals surface area contributed by atoms with Gasteiger partial charge in [-0.2, -0.15) is 11.8 Å². The van der Waals surface area contributed by atoms with Crippen LogP contribution in [0.2, 0.25) is 0 Å². The lowest BCUT2D eigenvalue weighted by atomic mass is 10.1. The summed E-state index contributed by atoms with van der Waals surface area (Å²) >= 11 is 1.76. The molecule has 0 fully saturated rings. The van der Waals surface area contributed by atoms with Crippen molar-refractivity contribution in [1.29, 1.82) is 0 Å². The summed E-state index contributed by atoms with van der Waals surface area (Å²) in [5, 5.41) is 3.06. The summed E-state index contributed by atoms with van der Waals surface area (Å²) in [4.78, 5) is 27.9. The maximum absolute atomic E-state index is 13.2. The van der Waals surface area contributed by atoms with E-state index in [1.165, 1.54) is 11.1 Å². The third-order valence-electron chi connectivity index (χ3n) is 5.44. The first-order valence-corrected chi connectivity index (χ1v) is 12.5. The predicted molar refractivity (Wildman–Crippen MR) is 131 cm³/mol. The minimum atomic E-state index is -0.427. The van der Waals surface area contributed by atoms with Crippen LogP contribution >= 0.6 is 11.8 Å². The molecular formula is C26H36N2O2S. The summed E-state index contributed by atoms with van der Waals surface area (Å²) in [5.41, 5.74) is 2.44. The van der Waals surface area contributed by atoms with Gasteiger partial charge in [-0.05, 0) is 37.3 Å². The standard InChI is InChI=1S/C26H36N2O2S/c1-4-21(3)27-26(30)24(5-2)28(18-16-22-12-8-6-9-13-22)25(29)17-19-31-20-23-14-10-7-11-15-23/h6-15,21,24H,4-5,16-20H2,1-3H3,(H,27,30)/t21-,24-/m1/s1. The van der Waals surface area contributed by atoms with Crippen molar-refractivity contribution in [2.24, 2.45) is 0 Å². The molecule has 0 spiro atoms. The highest BCUT2D eigenvalue weighted by Gasteiger charge is 2.28. The van der Waals surface area contributed by atoms with Crippen LogP contribution in [0.25, 0.3) is 0 Å². The summed E-state index contributed by atoms with van der Waals surface area (Å²) in [7, 11) is 0. The lowest BCUT2D eigenvalue weighted by molar-refractivity contribution is -0.140. The van der Waals surface area contributed by atoms with E-state index in [0.29, 0.717) is 19.4 Å². The van der Waals surface area contributed by atoms with E-state index in [1.807, 2.05) is 57.2 Å². The molecule has 0 aliphatic rings. The average molecular weight is 441 g/mol. The van der Waals surface area contributed by atoms with Crippen molar-refractivity contribution in [3.05, 3.63) is 71.8 Å². The molecule has 0 heterocycles. The molecule has 168 valence electrons. The number of carbonyl (C=O) groups excluding carboxylic acids is 2. The zero-order valence-electron chi connectivity index (χ0n) is 19.0. The largest absolute Gasteiger partial charge is 0.352 e. The fourth-order valence-electron chi connectivity index (χ4n) is 3.40. The molecule has 0 saturated carbocycles. The van der Waals surface area contributed by atoms with Gasteiger partial charge in [0.05, 0.1) is 0 Å². The first-order valence-electron chi connectivity index (χ1n) is 11.3. The molecule has 0 unspecified atom stereocenters. The Hall–Kier alpha value is -2.27. The Balaban J connectivity index is 2.00. The predicted octanol–water partition coefficient (Wildman–Crippen LogP) is 5.07. The van der Waals surface area contributed by atoms with Crippen molar-refractivity contribution in [1.82, 2.24) is 10.2 Å². The normalized spacial score (nSPS) is 12.7. The summed E-state index contributed by atoms with van der Waals surface area (Å²) < 4.78 is 0. The molecule has 0 saturated heterocycles. The Morgan fingerprint density at radius 1 is 0.935 bits per heavy atom. The van der Waals surface area contributed by atoms with Gasteiger partial charge in [0, 0.05) is 30.5 Å². The average Bonchev–Trinajstić information content (AvgIpc) is 2.80. The van der Waals surface area contributed by atoms with E-state index in [2.05, 4.69) is 29.6 Å². The van der Waals surface area contributed by atoms with Crippen molar-refractivity contribution >= 4 is 23.6 Å². The van der Waals surface area contributed by atoms with Crippen molar-refractivity contribution in [2.45, 2.75) is 64.3 Å². The Morgan fingerprint density at radius 3 is 2.13 bits per heavy atom. The molecule has 4 nitrogen and oxygen atoms in total. The molecule has 2 aromatic carbocycles. The number of hydrogen-bond acceptors (Lipinski definition) is 3. The number of amides is 2. The number of carbonyl (C=O) groups is 2. The van der Waals surface area contributed by atoms with E-state index in [9.17, 15) is 9.59 Å². The highest BCUT2D eigenvalue weighted by atomic mass is 32.2. The van der Waals surface area contributed by atoms with Crippen molar-refractivity contribution in [3.8, 4) is 0 Å². The van der Waals surface area contributed by atoms with Gasteiger partial charge < -0.3 is 10.2 Å². The van der Waals surface area contributed by atoms with Gasteiger partial charge in [-0.1, -0.05) is 74.5 Å². The zero-order chi connectivity index (χ0) is 22.5. The first-order chi connectivity index (χ1) is 15.0. The van der Waals surface area contributed by atoms with E-state index in [0.717, 1.165) is 24.3 Å². The lowest BCUT2D eigenvalue weighted by Gasteiger charge is -2.31. The Labute approximate surface area is 191 Å². The summed E-state index contributed by atoms with van der Waals surface area (Å²) in [6.45, 7) is 6.58. The number of rotatable bonds is 13. The van der Waals surface area contributed by atoms with Crippen LogP contribution in [0.15, 0.2) is 60.7 Å². The molecule has 2 amide bonds. The molecule has 1 N–H and O–H groups in total. The third-order valence-corrected chi connectivity index (χ3v) is 6.47. The van der Waals surface area contributed by atoms with Crippen LogP contribution in [-0.4, -0.2) is 41.1 Å². The summed E-state index contributed by atoms with van der Waals surface area (Å²) in [6.07, 6.45) is 2.67. The molecule has 2 rings (SSSR count). The molecule has 0 radical (unpaired) electrons. The minimum absolute atomic E-state index is 0.0461. The second-order valence-electron chi connectivity index (χ2n) is 7.85.